The SMILES string of the molecule is CN(CC(=O)NC1CC1)c1nc(NN)ccc1[N+](=O)[O-]. The molecule has 1 saturated carbocycles. The van der Waals surface area contributed by atoms with E-state index in [0.717, 1.165) is 12.8 Å². The largest absolute Gasteiger partial charge is 0.352 e. The van der Waals surface area contributed by atoms with Gasteiger partial charge in [-0.2, -0.15) is 0 Å². The molecule has 108 valence electrons. The van der Waals surface area contributed by atoms with E-state index in [0.29, 0.717) is 5.82 Å². The van der Waals surface area contributed by atoms with Gasteiger partial charge in [0.2, 0.25) is 11.7 Å². The van der Waals surface area contributed by atoms with Crippen LogP contribution < -0.4 is 21.5 Å². The first-order valence-corrected chi connectivity index (χ1v) is 6.14. The number of pyridine rings is 1. The second-order valence-corrected chi connectivity index (χ2v) is 4.64. The molecule has 1 aliphatic carbocycles. The first-order valence-electron chi connectivity index (χ1n) is 6.14. The van der Waals surface area contributed by atoms with Crippen LogP contribution in [-0.4, -0.2) is 35.4 Å². The predicted octanol–water partition coefficient (Wildman–Crippen LogP) is -0.00980. The maximum atomic E-state index is 11.7. The van der Waals surface area contributed by atoms with E-state index < -0.39 is 4.92 Å². The minimum absolute atomic E-state index is 0.00162. The number of aromatic nitrogens is 1. The van der Waals surface area contributed by atoms with Crippen molar-refractivity contribution < 1.29 is 9.72 Å². The lowest BCUT2D eigenvalue weighted by molar-refractivity contribution is -0.384. The molecule has 1 heterocycles. The summed E-state index contributed by atoms with van der Waals surface area (Å²) in [5.74, 6) is 5.44. The Hall–Kier alpha value is -2.42. The summed E-state index contributed by atoms with van der Waals surface area (Å²) in [6.45, 7) is -0.00162. The van der Waals surface area contributed by atoms with Gasteiger partial charge in [-0.25, -0.2) is 10.8 Å². The van der Waals surface area contributed by atoms with Crippen LogP contribution >= 0.6 is 0 Å². The lowest BCUT2D eigenvalue weighted by Crippen LogP contribution is -2.36. The lowest BCUT2D eigenvalue weighted by Gasteiger charge is -2.18. The topological polar surface area (TPSA) is 126 Å². The van der Waals surface area contributed by atoms with Crippen molar-refractivity contribution in [2.45, 2.75) is 18.9 Å². The van der Waals surface area contributed by atoms with E-state index >= 15 is 0 Å². The molecule has 0 aromatic carbocycles. The van der Waals surface area contributed by atoms with Gasteiger partial charge in [0.05, 0.1) is 11.5 Å². The molecule has 1 amide bonds. The number of carbonyl (C=O) groups is 1. The quantitative estimate of drug-likeness (QED) is 0.380. The molecule has 0 unspecified atom stereocenters. The average molecular weight is 280 g/mol. The molecule has 0 saturated heterocycles. The number of nitrogens with zero attached hydrogens (tertiary/aromatic N) is 3. The van der Waals surface area contributed by atoms with Crippen molar-refractivity contribution in [3.8, 4) is 0 Å². The fourth-order valence-electron chi connectivity index (χ4n) is 1.74. The number of hydrogen-bond acceptors (Lipinski definition) is 7. The molecule has 9 heteroatoms. The predicted molar refractivity (Wildman–Crippen MR) is 73.1 cm³/mol. The van der Waals surface area contributed by atoms with Gasteiger partial charge in [0, 0.05) is 19.2 Å². The maximum absolute atomic E-state index is 11.7. The molecule has 0 bridgehead atoms. The number of hydrazine groups is 1. The van der Waals surface area contributed by atoms with Gasteiger partial charge in [-0.3, -0.25) is 14.9 Å². The third-order valence-corrected chi connectivity index (χ3v) is 2.88. The van der Waals surface area contributed by atoms with Gasteiger partial charge in [-0.15, -0.1) is 0 Å². The van der Waals surface area contributed by atoms with E-state index in [2.05, 4.69) is 15.7 Å². The van der Waals surface area contributed by atoms with Crippen molar-refractivity contribution in [2.24, 2.45) is 5.84 Å². The van der Waals surface area contributed by atoms with Crippen molar-refractivity contribution in [1.82, 2.24) is 10.3 Å². The third kappa shape index (κ3) is 3.32. The minimum atomic E-state index is -0.544. The molecule has 0 atom stereocenters. The van der Waals surface area contributed by atoms with Crippen molar-refractivity contribution in [3.63, 3.8) is 0 Å². The van der Waals surface area contributed by atoms with Crippen LogP contribution in [-0.2, 0) is 4.79 Å². The number of carbonyl (C=O) groups excluding carboxylic acids is 1. The molecule has 0 spiro atoms. The van der Waals surface area contributed by atoms with Crippen LogP contribution in [0.2, 0.25) is 0 Å². The third-order valence-electron chi connectivity index (χ3n) is 2.88. The Bertz CT molecular complexity index is 531. The summed E-state index contributed by atoms with van der Waals surface area (Å²) in [5, 5.41) is 13.8. The fourth-order valence-corrected chi connectivity index (χ4v) is 1.74. The number of amides is 1. The monoisotopic (exact) mass is 280 g/mol. The number of likely N-dealkylation sites (N-methyl/N-ethyl adjacent to an activating group) is 1. The molecule has 2 rings (SSSR count). The first-order chi connectivity index (χ1) is 9.51. The molecule has 9 nitrogen and oxygen atoms in total. The molecule has 1 aliphatic rings. The molecule has 4 N–H and O–H groups in total. The molecule has 0 radical (unpaired) electrons. The van der Waals surface area contributed by atoms with Gasteiger partial charge in [0.1, 0.15) is 5.82 Å². The van der Waals surface area contributed by atoms with Gasteiger partial charge >= 0.3 is 5.69 Å². The van der Waals surface area contributed by atoms with Crippen LogP contribution in [0.25, 0.3) is 0 Å². The number of nitrogens with two attached hydrogens (primary N) is 1. The van der Waals surface area contributed by atoms with Crippen molar-refractivity contribution in [3.05, 3.63) is 22.2 Å². The molecule has 1 fully saturated rings. The molecular weight excluding hydrogens is 264 g/mol. The van der Waals surface area contributed by atoms with Crippen molar-refractivity contribution in [1.29, 1.82) is 0 Å². The van der Waals surface area contributed by atoms with Gasteiger partial charge in [0.25, 0.3) is 0 Å². The van der Waals surface area contributed by atoms with E-state index in [-0.39, 0.29) is 30.0 Å². The van der Waals surface area contributed by atoms with E-state index in [1.54, 1.807) is 7.05 Å². The molecule has 1 aromatic heterocycles. The second-order valence-electron chi connectivity index (χ2n) is 4.64. The smallest absolute Gasteiger partial charge is 0.311 e. The number of hydrogen-bond donors (Lipinski definition) is 3. The summed E-state index contributed by atoms with van der Waals surface area (Å²) in [7, 11) is 1.57. The Balaban J connectivity index is 2.15. The zero-order valence-corrected chi connectivity index (χ0v) is 11.0. The summed E-state index contributed by atoms with van der Waals surface area (Å²) in [5.41, 5.74) is 2.15. The average Bonchev–Trinajstić information content (AvgIpc) is 3.21. The highest BCUT2D eigenvalue weighted by Gasteiger charge is 2.25. The summed E-state index contributed by atoms with van der Waals surface area (Å²) < 4.78 is 0. The molecular formula is C11H16N6O3. The van der Waals surface area contributed by atoms with E-state index in [4.69, 9.17) is 5.84 Å². The van der Waals surface area contributed by atoms with Crippen LogP contribution in [0.3, 0.4) is 0 Å². The van der Waals surface area contributed by atoms with Crippen LogP contribution in [0.15, 0.2) is 12.1 Å². The summed E-state index contributed by atoms with van der Waals surface area (Å²) in [4.78, 5) is 27.6. The molecule has 20 heavy (non-hydrogen) atoms. The Morgan fingerprint density at radius 3 is 2.85 bits per heavy atom. The number of nitro groups is 1. The van der Waals surface area contributed by atoms with Gasteiger partial charge < -0.3 is 15.6 Å². The highest BCUT2D eigenvalue weighted by molar-refractivity contribution is 5.82. The van der Waals surface area contributed by atoms with Crippen LogP contribution in [0.1, 0.15) is 12.8 Å². The van der Waals surface area contributed by atoms with E-state index in [9.17, 15) is 14.9 Å². The second kappa shape index (κ2) is 5.70. The zero-order chi connectivity index (χ0) is 14.7. The van der Waals surface area contributed by atoms with Crippen molar-refractivity contribution >= 4 is 23.2 Å². The van der Waals surface area contributed by atoms with Gasteiger partial charge in [-0.05, 0) is 18.9 Å². The Morgan fingerprint density at radius 2 is 2.30 bits per heavy atom. The fraction of sp³-hybridized carbons (Fsp3) is 0.455. The van der Waals surface area contributed by atoms with Crippen molar-refractivity contribution in [2.75, 3.05) is 23.9 Å². The van der Waals surface area contributed by atoms with E-state index in [1.807, 2.05) is 0 Å². The first kappa shape index (κ1) is 14.0. The van der Waals surface area contributed by atoms with Crippen LogP contribution in [0, 0.1) is 10.1 Å². The summed E-state index contributed by atoms with van der Waals surface area (Å²) in [6.07, 6.45) is 1.97. The Morgan fingerprint density at radius 1 is 1.60 bits per heavy atom. The summed E-state index contributed by atoms with van der Waals surface area (Å²) >= 11 is 0. The number of nitrogen functional groups attached to an aromatic ring is 1. The van der Waals surface area contributed by atoms with Gasteiger partial charge in [0.15, 0.2) is 0 Å². The molecule has 1 aromatic rings. The number of rotatable bonds is 6. The molecule has 0 aliphatic heterocycles. The van der Waals surface area contributed by atoms with Crippen LogP contribution in [0.4, 0.5) is 17.3 Å². The van der Waals surface area contributed by atoms with E-state index in [1.165, 1.54) is 17.0 Å². The normalized spacial score (nSPS) is 13.7. The maximum Gasteiger partial charge on any atom is 0.311 e. The minimum Gasteiger partial charge on any atom is -0.352 e. The van der Waals surface area contributed by atoms with Gasteiger partial charge in [-0.1, -0.05) is 0 Å². The summed E-state index contributed by atoms with van der Waals surface area (Å²) in [6, 6.07) is 2.95. The number of nitrogens with one attached hydrogen (secondary N) is 2. The zero-order valence-electron chi connectivity index (χ0n) is 11.0. The lowest BCUT2D eigenvalue weighted by atomic mass is 10.3. The Kier molecular flexibility index (Phi) is 3.99. The highest BCUT2D eigenvalue weighted by Crippen LogP contribution is 2.26. The highest BCUT2D eigenvalue weighted by atomic mass is 16.6. The van der Waals surface area contributed by atoms with Crippen LogP contribution in [0.5, 0.6) is 0 Å². The Labute approximate surface area is 115 Å². The number of anilines is 2. The standard InChI is InChI=1S/C11H16N6O3/c1-16(6-10(18)13-7-2-3-7)11-8(17(19)20)4-5-9(14-11)15-12/h4-5,7H,2-3,6,12H2,1H3,(H,13,18)(H,14,15).